The number of allylic oxidation sites excluding steroid dienone is 2. The van der Waals surface area contributed by atoms with Gasteiger partial charge >= 0.3 is 0 Å². The van der Waals surface area contributed by atoms with E-state index in [9.17, 15) is 9.59 Å². The van der Waals surface area contributed by atoms with E-state index in [1.165, 1.54) is 25.7 Å². The van der Waals surface area contributed by atoms with Crippen molar-refractivity contribution in [1.29, 1.82) is 0 Å². The van der Waals surface area contributed by atoms with Crippen molar-refractivity contribution in [3.8, 4) is 0 Å². The monoisotopic (exact) mass is 371 g/mol. The van der Waals surface area contributed by atoms with Crippen molar-refractivity contribution in [1.82, 2.24) is 0 Å². The fraction of sp³-hybridized carbons (Fsp3) is 0.833. The number of carbonyl (C=O) groups is 2. The van der Waals surface area contributed by atoms with Crippen LogP contribution in [0.3, 0.4) is 0 Å². The van der Waals surface area contributed by atoms with Crippen LogP contribution in [0.1, 0.15) is 78.6 Å². The molecule has 0 radical (unpaired) electrons. The quantitative estimate of drug-likeness (QED) is 0.729. The highest BCUT2D eigenvalue weighted by Crippen LogP contribution is 2.64. The first kappa shape index (κ1) is 19.4. The molecule has 0 aromatic rings. The Morgan fingerprint density at radius 2 is 1.81 bits per heavy atom. The van der Waals surface area contributed by atoms with Gasteiger partial charge in [0, 0.05) is 30.7 Å². The molecule has 0 aromatic heterocycles. The van der Waals surface area contributed by atoms with Crippen LogP contribution < -0.4 is 5.73 Å². The Balaban J connectivity index is 1.53. The van der Waals surface area contributed by atoms with E-state index in [0.29, 0.717) is 41.8 Å². The molecule has 0 saturated heterocycles. The van der Waals surface area contributed by atoms with Crippen LogP contribution in [0.2, 0.25) is 0 Å². The maximum absolute atomic E-state index is 12.5. The average molecular weight is 372 g/mol. The lowest BCUT2D eigenvalue weighted by Crippen LogP contribution is -2.50. The second kappa shape index (κ2) is 6.83. The van der Waals surface area contributed by atoms with Gasteiger partial charge in [0.25, 0.3) is 0 Å². The van der Waals surface area contributed by atoms with Crippen molar-refractivity contribution in [2.75, 3.05) is 6.54 Å². The molecule has 3 heteroatoms. The predicted octanol–water partition coefficient (Wildman–Crippen LogP) is 4.69. The third-order valence-electron chi connectivity index (χ3n) is 9.28. The Morgan fingerprint density at radius 3 is 2.56 bits per heavy atom. The van der Waals surface area contributed by atoms with Gasteiger partial charge in [0.2, 0.25) is 0 Å². The molecule has 3 saturated carbocycles. The summed E-state index contributed by atoms with van der Waals surface area (Å²) in [6.45, 7) is 7.17. The lowest BCUT2D eigenvalue weighted by atomic mass is 9.47. The minimum absolute atomic E-state index is 0.0108. The van der Waals surface area contributed by atoms with Gasteiger partial charge in [-0.05, 0) is 74.0 Å². The average Bonchev–Trinajstić information content (AvgIpc) is 2.96. The molecule has 3 nitrogen and oxygen atoms in total. The Morgan fingerprint density at radius 1 is 1.11 bits per heavy atom. The van der Waals surface area contributed by atoms with Crippen LogP contribution in [0.5, 0.6) is 0 Å². The van der Waals surface area contributed by atoms with Gasteiger partial charge in [-0.1, -0.05) is 32.4 Å². The number of hydrogen-bond acceptors (Lipinski definition) is 3. The SMILES string of the molecule is CC(CN)C(=O)C[C@@H]1C=C2CCC3C(CC[C@]4(C)C(=O)CCC34)[C@@]2(C)CC1. The second-order valence-electron chi connectivity index (χ2n) is 10.5. The van der Waals surface area contributed by atoms with Gasteiger partial charge in [0.1, 0.15) is 11.6 Å². The van der Waals surface area contributed by atoms with Crippen LogP contribution in [0, 0.1) is 40.4 Å². The molecule has 3 fully saturated rings. The largest absolute Gasteiger partial charge is 0.330 e. The summed E-state index contributed by atoms with van der Waals surface area (Å²) in [6.07, 6.45) is 12.2. The van der Waals surface area contributed by atoms with Gasteiger partial charge in [-0.2, -0.15) is 0 Å². The molecule has 27 heavy (non-hydrogen) atoms. The van der Waals surface area contributed by atoms with Crippen LogP contribution in [0.15, 0.2) is 11.6 Å². The van der Waals surface area contributed by atoms with E-state index >= 15 is 0 Å². The lowest BCUT2D eigenvalue weighted by molar-refractivity contribution is -0.132. The summed E-state index contributed by atoms with van der Waals surface area (Å²) in [5.74, 6) is 3.35. The molecule has 4 aliphatic carbocycles. The number of hydrogen-bond donors (Lipinski definition) is 1. The Kier molecular flexibility index (Phi) is 4.90. The fourth-order valence-corrected chi connectivity index (χ4v) is 7.32. The standard InChI is InChI=1S/C24H37NO2/c1-15(14-25)21(26)13-16-8-10-23(2)17(12-16)4-5-18-19-6-7-22(27)24(19,3)11-9-20(18)23/h12,15-16,18-20H,4-11,13-14,25H2,1-3H3/t15?,16-,18?,19?,20?,23-,24-/m0/s1. The smallest absolute Gasteiger partial charge is 0.139 e. The normalized spacial score (nSPS) is 44.7. The Labute approximate surface area is 164 Å². The number of carbonyl (C=O) groups excluding carboxylic acids is 2. The Bertz CT molecular complexity index is 667. The van der Waals surface area contributed by atoms with Crippen molar-refractivity contribution in [3.63, 3.8) is 0 Å². The van der Waals surface area contributed by atoms with Crippen molar-refractivity contribution in [3.05, 3.63) is 11.6 Å². The molecule has 0 spiro atoms. The predicted molar refractivity (Wildman–Crippen MR) is 108 cm³/mol. The highest BCUT2D eigenvalue weighted by Gasteiger charge is 2.58. The molecule has 0 aromatic carbocycles. The summed E-state index contributed by atoms with van der Waals surface area (Å²) in [6, 6.07) is 0. The van der Waals surface area contributed by atoms with E-state index in [-0.39, 0.29) is 11.3 Å². The molecule has 2 N–H and O–H groups in total. The summed E-state index contributed by atoms with van der Waals surface area (Å²) >= 11 is 0. The minimum atomic E-state index is -0.0271. The van der Waals surface area contributed by atoms with Gasteiger partial charge in [-0.15, -0.1) is 0 Å². The first-order chi connectivity index (χ1) is 12.8. The highest BCUT2D eigenvalue weighted by molar-refractivity contribution is 5.87. The second-order valence-corrected chi connectivity index (χ2v) is 10.5. The molecule has 0 amide bonds. The molecule has 150 valence electrons. The summed E-state index contributed by atoms with van der Waals surface area (Å²) in [7, 11) is 0. The molecule has 0 bridgehead atoms. The summed E-state index contributed by atoms with van der Waals surface area (Å²) < 4.78 is 0. The first-order valence-corrected chi connectivity index (χ1v) is 11.3. The van der Waals surface area contributed by atoms with E-state index in [1.807, 2.05) is 6.92 Å². The first-order valence-electron chi connectivity index (χ1n) is 11.3. The van der Waals surface area contributed by atoms with E-state index < -0.39 is 0 Å². The zero-order valence-electron chi connectivity index (χ0n) is 17.4. The number of Topliss-reactive ketones (excluding diaryl/α,β-unsaturated/α-hetero) is 2. The van der Waals surface area contributed by atoms with E-state index in [2.05, 4.69) is 19.9 Å². The van der Waals surface area contributed by atoms with E-state index in [4.69, 9.17) is 5.73 Å². The summed E-state index contributed by atoms with van der Waals surface area (Å²) in [5.41, 5.74) is 7.58. The number of nitrogens with two attached hydrogens (primary N) is 1. The van der Waals surface area contributed by atoms with Gasteiger partial charge in [0.15, 0.2) is 0 Å². The van der Waals surface area contributed by atoms with Crippen molar-refractivity contribution >= 4 is 11.6 Å². The third kappa shape index (κ3) is 2.96. The molecule has 4 aliphatic rings. The van der Waals surface area contributed by atoms with E-state index in [1.54, 1.807) is 5.57 Å². The lowest BCUT2D eigenvalue weighted by Gasteiger charge is -2.57. The molecular weight excluding hydrogens is 334 g/mol. The summed E-state index contributed by atoms with van der Waals surface area (Å²) in [4.78, 5) is 24.9. The molecule has 4 unspecified atom stereocenters. The molecule has 0 heterocycles. The highest BCUT2D eigenvalue weighted by atomic mass is 16.1. The van der Waals surface area contributed by atoms with Crippen LogP contribution >= 0.6 is 0 Å². The number of ketones is 2. The van der Waals surface area contributed by atoms with Gasteiger partial charge < -0.3 is 5.73 Å². The number of rotatable bonds is 4. The topological polar surface area (TPSA) is 60.2 Å². The molecular formula is C24H37NO2. The van der Waals surface area contributed by atoms with Crippen molar-refractivity contribution in [2.24, 2.45) is 46.2 Å². The van der Waals surface area contributed by atoms with Crippen LogP contribution in [-0.2, 0) is 9.59 Å². The van der Waals surface area contributed by atoms with Gasteiger partial charge in [0.05, 0.1) is 0 Å². The van der Waals surface area contributed by atoms with Crippen LogP contribution in [-0.4, -0.2) is 18.1 Å². The van der Waals surface area contributed by atoms with Crippen molar-refractivity contribution in [2.45, 2.75) is 78.6 Å². The molecule has 7 atom stereocenters. The van der Waals surface area contributed by atoms with Crippen LogP contribution in [0.4, 0.5) is 0 Å². The zero-order valence-corrected chi connectivity index (χ0v) is 17.4. The maximum Gasteiger partial charge on any atom is 0.139 e. The zero-order chi connectivity index (χ0) is 19.4. The van der Waals surface area contributed by atoms with E-state index in [0.717, 1.165) is 37.5 Å². The van der Waals surface area contributed by atoms with Gasteiger partial charge in [-0.3, -0.25) is 9.59 Å². The number of fused-ring (bicyclic) bond motifs is 5. The van der Waals surface area contributed by atoms with Gasteiger partial charge in [-0.25, -0.2) is 0 Å². The van der Waals surface area contributed by atoms with Crippen LogP contribution in [0.25, 0.3) is 0 Å². The molecule has 4 rings (SSSR count). The maximum atomic E-state index is 12.5. The third-order valence-corrected chi connectivity index (χ3v) is 9.28. The minimum Gasteiger partial charge on any atom is -0.330 e. The summed E-state index contributed by atoms with van der Waals surface area (Å²) in [5, 5.41) is 0. The molecule has 0 aliphatic heterocycles. The Hall–Kier alpha value is -0.960. The fourth-order valence-electron chi connectivity index (χ4n) is 7.32. The van der Waals surface area contributed by atoms with Crippen molar-refractivity contribution < 1.29 is 9.59 Å².